The van der Waals surface area contributed by atoms with Gasteiger partial charge >= 0.3 is 0 Å². The number of likely N-dealkylation sites (N-methyl/N-ethyl adjacent to an activating group) is 1. The van der Waals surface area contributed by atoms with Crippen LogP contribution in [0.25, 0.3) is 0 Å². The average molecular weight is 548 g/mol. The molecule has 8 nitrogen and oxygen atoms in total. The van der Waals surface area contributed by atoms with E-state index < -0.39 is 22.0 Å². The van der Waals surface area contributed by atoms with Crippen molar-refractivity contribution >= 4 is 27.7 Å². The number of benzene rings is 3. The van der Waals surface area contributed by atoms with E-state index in [1.54, 1.807) is 17.0 Å². The first kappa shape index (κ1) is 28.0. The highest BCUT2D eigenvalue weighted by Crippen LogP contribution is 2.30. The molecule has 0 bridgehead atoms. The quantitative estimate of drug-likeness (QED) is 0.394. The molecular formula is C30H33N3O5S. The summed E-state index contributed by atoms with van der Waals surface area (Å²) in [5.74, 6) is -1.12. The van der Waals surface area contributed by atoms with Crippen LogP contribution in [0.5, 0.6) is 0 Å². The topological polar surface area (TPSA) is 104 Å². The Morgan fingerprint density at radius 2 is 1.62 bits per heavy atom. The number of nitrogens with one attached hydrogen (secondary N) is 1. The van der Waals surface area contributed by atoms with E-state index in [2.05, 4.69) is 5.32 Å². The van der Waals surface area contributed by atoms with Gasteiger partial charge in [-0.05, 0) is 49.1 Å². The number of fused-ring (bicyclic) bond motifs is 1. The monoisotopic (exact) mass is 547 g/mol. The minimum absolute atomic E-state index is 0.0123. The van der Waals surface area contributed by atoms with Crippen LogP contribution in [-0.4, -0.2) is 54.5 Å². The second-order valence-corrected chi connectivity index (χ2v) is 11.4. The second-order valence-electron chi connectivity index (χ2n) is 9.53. The lowest BCUT2D eigenvalue weighted by Crippen LogP contribution is -2.50. The predicted molar refractivity (Wildman–Crippen MR) is 148 cm³/mol. The highest BCUT2D eigenvalue weighted by Gasteiger charge is 2.40. The molecule has 9 heteroatoms. The van der Waals surface area contributed by atoms with Crippen LogP contribution in [0.1, 0.15) is 46.8 Å². The molecule has 1 heterocycles. The normalized spacial score (nSPS) is 14.5. The van der Waals surface area contributed by atoms with Crippen molar-refractivity contribution < 1.29 is 22.8 Å². The Hall–Kier alpha value is -3.98. The van der Waals surface area contributed by atoms with Crippen LogP contribution in [0.3, 0.4) is 0 Å². The van der Waals surface area contributed by atoms with Crippen LogP contribution < -0.4 is 5.32 Å². The minimum atomic E-state index is -3.95. The number of amides is 3. The number of hydrogen-bond acceptors (Lipinski definition) is 5. The zero-order chi connectivity index (χ0) is 28.0. The molecule has 0 aromatic heterocycles. The summed E-state index contributed by atoms with van der Waals surface area (Å²) in [6.45, 7) is 4.32. The number of rotatable bonds is 11. The van der Waals surface area contributed by atoms with Gasteiger partial charge in [0, 0.05) is 32.5 Å². The van der Waals surface area contributed by atoms with Gasteiger partial charge in [0.25, 0.3) is 15.9 Å². The zero-order valence-corrected chi connectivity index (χ0v) is 23.0. The summed E-state index contributed by atoms with van der Waals surface area (Å²) in [5.41, 5.74) is 2.98. The lowest BCUT2D eigenvalue weighted by atomic mass is 10.0. The maximum absolute atomic E-state index is 13.7. The van der Waals surface area contributed by atoms with Crippen LogP contribution in [0, 0.1) is 6.92 Å². The number of carbonyl (C=O) groups is 3. The lowest BCUT2D eigenvalue weighted by Gasteiger charge is -2.32. The molecule has 0 spiro atoms. The Balaban J connectivity index is 1.56. The Bertz CT molecular complexity index is 1460. The molecule has 1 aliphatic heterocycles. The van der Waals surface area contributed by atoms with E-state index in [-0.39, 0.29) is 48.2 Å². The number of hydrogen-bond donors (Lipinski definition) is 1. The van der Waals surface area contributed by atoms with E-state index in [0.29, 0.717) is 13.0 Å². The minimum Gasteiger partial charge on any atom is -0.355 e. The third-order valence-corrected chi connectivity index (χ3v) is 8.73. The Kier molecular flexibility index (Phi) is 8.81. The maximum Gasteiger partial charge on any atom is 0.269 e. The molecule has 3 amide bonds. The first-order chi connectivity index (χ1) is 18.7. The molecule has 0 radical (unpaired) electrons. The molecule has 39 heavy (non-hydrogen) atoms. The molecule has 4 rings (SSSR count). The van der Waals surface area contributed by atoms with Gasteiger partial charge in [-0.1, -0.05) is 66.7 Å². The number of sulfonamides is 1. The molecule has 3 aromatic carbocycles. The van der Waals surface area contributed by atoms with E-state index in [1.165, 1.54) is 12.1 Å². The van der Waals surface area contributed by atoms with Gasteiger partial charge in [-0.25, -0.2) is 12.7 Å². The molecule has 1 N–H and O–H groups in total. The highest BCUT2D eigenvalue weighted by atomic mass is 32.2. The summed E-state index contributed by atoms with van der Waals surface area (Å²) < 4.78 is 26.7. The molecule has 3 aromatic rings. The SMILES string of the molecule is CCNC(=O)[C@H](Cc1ccccc1)N(Cc1ccccc1C)C(=O)CCCN1C(=O)c2ccccc2S1(=O)=O. The van der Waals surface area contributed by atoms with Crippen molar-refractivity contribution in [2.24, 2.45) is 0 Å². The van der Waals surface area contributed by atoms with Gasteiger partial charge < -0.3 is 10.2 Å². The standard InChI is InChI=1S/C30H33N3O5S/c1-3-31-29(35)26(20-23-13-5-4-6-14-23)32(21-24-15-8-7-12-22(24)2)28(34)18-11-19-33-30(36)25-16-9-10-17-27(25)39(33,37)38/h4-10,12-17,26H,3,11,18-21H2,1-2H3,(H,31,35)/t26-/m0/s1. The third-order valence-electron chi connectivity index (χ3n) is 6.89. The predicted octanol–water partition coefficient (Wildman–Crippen LogP) is 3.70. The van der Waals surface area contributed by atoms with Crippen molar-refractivity contribution in [3.8, 4) is 0 Å². The van der Waals surface area contributed by atoms with Crippen LogP contribution in [0.15, 0.2) is 83.8 Å². The fourth-order valence-corrected chi connectivity index (χ4v) is 6.39. The van der Waals surface area contributed by atoms with Crippen molar-refractivity contribution in [2.45, 2.75) is 50.6 Å². The highest BCUT2D eigenvalue weighted by molar-refractivity contribution is 7.90. The van der Waals surface area contributed by atoms with Crippen molar-refractivity contribution in [3.63, 3.8) is 0 Å². The molecule has 0 saturated carbocycles. The molecule has 204 valence electrons. The van der Waals surface area contributed by atoms with E-state index in [1.807, 2.05) is 68.4 Å². The first-order valence-electron chi connectivity index (χ1n) is 13.1. The summed E-state index contributed by atoms with van der Waals surface area (Å²) in [7, 11) is -3.95. The van der Waals surface area contributed by atoms with E-state index in [9.17, 15) is 22.8 Å². The van der Waals surface area contributed by atoms with Crippen LogP contribution in [0.2, 0.25) is 0 Å². The van der Waals surface area contributed by atoms with Gasteiger partial charge in [0.2, 0.25) is 11.8 Å². The summed E-state index contributed by atoms with van der Waals surface area (Å²) in [4.78, 5) is 41.3. The smallest absolute Gasteiger partial charge is 0.269 e. The maximum atomic E-state index is 13.7. The average Bonchev–Trinajstić information content (AvgIpc) is 3.12. The fraction of sp³-hybridized carbons (Fsp3) is 0.300. The van der Waals surface area contributed by atoms with Crippen molar-refractivity contribution in [3.05, 3.63) is 101 Å². The third kappa shape index (κ3) is 6.20. The molecule has 1 atom stereocenters. The summed E-state index contributed by atoms with van der Waals surface area (Å²) in [5, 5.41) is 2.86. The Labute approximate surface area is 229 Å². The number of nitrogens with zero attached hydrogens (tertiary/aromatic N) is 2. The summed E-state index contributed by atoms with van der Waals surface area (Å²) in [6.07, 6.45) is 0.445. The number of carbonyl (C=O) groups excluding carboxylic acids is 3. The number of aryl methyl sites for hydroxylation is 1. The van der Waals surface area contributed by atoms with Crippen LogP contribution in [0.4, 0.5) is 0 Å². The van der Waals surface area contributed by atoms with Gasteiger partial charge in [0.1, 0.15) is 10.9 Å². The Morgan fingerprint density at radius 1 is 0.949 bits per heavy atom. The van der Waals surface area contributed by atoms with Crippen molar-refractivity contribution in [1.29, 1.82) is 0 Å². The molecular weight excluding hydrogens is 514 g/mol. The lowest BCUT2D eigenvalue weighted by molar-refractivity contribution is -0.141. The molecule has 0 aliphatic carbocycles. The van der Waals surface area contributed by atoms with E-state index in [0.717, 1.165) is 21.0 Å². The van der Waals surface area contributed by atoms with E-state index in [4.69, 9.17) is 0 Å². The van der Waals surface area contributed by atoms with E-state index >= 15 is 0 Å². The second kappa shape index (κ2) is 12.3. The van der Waals surface area contributed by atoms with Crippen molar-refractivity contribution in [1.82, 2.24) is 14.5 Å². The summed E-state index contributed by atoms with van der Waals surface area (Å²) >= 11 is 0. The van der Waals surface area contributed by atoms with Gasteiger partial charge in [-0.15, -0.1) is 0 Å². The van der Waals surface area contributed by atoms with Crippen molar-refractivity contribution in [2.75, 3.05) is 13.1 Å². The molecule has 0 unspecified atom stereocenters. The molecule has 0 saturated heterocycles. The molecule has 0 fully saturated rings. The van der Waals surface area contributed by atoms with Gasteiger partial charge in [-0.2, -0.15) is 0 Å². The summed E-state index contributed by atoms with van der Waals surface area (Å²) in [6, 6.07) is 22.6. The molecule has 1 aliphatic rings. The van der Waals surface area contributed by atoms with Gasteiger partial charge in [0.15, 0.2) is 0 Å². The largest absolute Gasteiger partial charge is 0.355 e. The van der Waals surface area contributed by atoms with Gasteiger partial charge in [-0.3, -0.25) is 14.4 Å². The zero-order valence-electron chi connectivity index (χ0n) is 22.2. The van der Waals surface area contributed by atoms with Crippen LogP contribution in [-0.2, 0) is 32.6 Å². The van der Waals surface area contributed by atoms with Gasteiger partial charge in [0.05, 0.1) is 5.56 Å². The fourth-order valence-electron chi connectivity index (χ4n) is 4.79. The van der Waals surface area contributed by atoms with Crippen LogP contribution >= 0.6 is 0 Å². The Morgan fingerprint density at radius 3 is 2.31 bits per heavy atom. The first-order valence-corrected chi connectivity index (χ1v) is 14.5.